The third-order valence-electron chi connectivity index (χ3n) is 3.29. The molecule has 20 heavy (non-hydrogen) atoms. The van der Waals surface area contributed by atoms with Crippen LogP contribution in [0.25, 0.3) is 4.96 Å². The molecule has 104 valence electrons. The van der Waals surface area contributed by atoms with Crippen LogP contribution >= 0.6 is 23.1 Å². The predicted molar refractivity (Wildman–Crippen MR) is 76.2 cm³/mol. The minimum absolute atomic E-state index is 0.148. The van der Waals surface area contributed by atoms with Crippen LogP contribution in [0.1, 0.15) is 24.6 Å². The number of fused-ring (bicyclic) bond motifs is 1. The number of rotatable bonds is 4. The van der Waals surface area contributed by atoms with Crippen molar-refractivity contribution in [1.82, 2.24) is 24.1 Å². The molecular formula is C11H12N6OS2. The number of aromatic nitrogens is 5. The molecule has 0 amide bonds. The van der Waals surface area contributed by atoms with Crippen LogP contribution in [0.2, 0.25) is 0 Å². The zero-order chi connectivity index (χ0) is 13.7. The zero-order valence-electron chi connectivity index (χ0n) is 10.4. The van der Waals surface area contributed by atoms with E-state index in [2.05, 4.69) is 15.2 Å². The standard InChI is InChI=1S/C11H12N6OS2/c12-5-7-8(13-10-16(7)3-4-19-10)20-11-15-14-9(18)17(11)6-1-2-6/h3-4,6H,1-2,5,12H2,(H,14,18). The minimum atomic E-state index is -0.148. The van der Waals surface area contributed by atoms with Crippen LogP contribution in [0.5, 0.6) is 0 Å². The first-order valence-electron chi connectivity index (χ1n) is 6.27. The van der Waals surface area contributed by atoms with Crippen molar-refractivity contribution >= 4 is 28.1 Å². The van der Waals surface area contributed by atoms with Crippen LogP contribution in [0.15, 0.2) is 26.6 Å². The van der Waals surface area contributed by atoms with E-state index in [1.54, 1.807) is 15.9 Å². The fraction of sp³-hybridized carbons (Fsp3) is 0.364. The Labute approximate surface area is 121 Å². The van der Waals surface area contributed by atoms with Gasteiger partial charge in [-0.2, -0.15) is 0 Å². The number of thiazole rings is 1. The summed E-state index contributed by atoms with van der Waals surface area (Å²) in [6.07, 6.45) is 4.03. The molecule has 9 heteroatoms. The van der Waals surface area contributed by atoms with Gasteiger partial charge in [0.1, 0.15) is 5.03 Å². The molecule has 3 heterocycles. The zero-order valence-corrected chi connectivity index (χ0v) is 12.1. The lowest BCUT2D eigenvalue weighted by atomic mass is 10.5. The molecule has 0 radical (unpaired) electrons. The van der Waals surface area contributed by atoms with Crippen LogP contribution in [0, 0.1) is 0 Å². The minimum Gasteiger partial charge on any atom is -0.325 e. The van der Waals surface area contributed by atoms with Crippen molar-refractivity contribution in [1.29, 1.82) is 0 Å². The third kappa shape index (κ3) is 1.81. The summed E-state index contributed by atoms with van der Waals surface area (Å²) in [4.78, 5) is 17.2. The molecule has 0 saturated heterocycles. The Morgan fingerprint density at radius 3 is 3.15 bits per heavy atom. The summed E-state index contributed by atoms with van der Waals surface area (Å²) in [6.45, 7) is 0.401. The SMILES string of the molecule is NCc1c(Sc2n[nH]c(=O)n2C2CC2)nc2sccn12. The van der Waals surface area contributed by atoms with Gasteiger partial charge in [0.05, 0.1) is 5.69 Å². The highest BCUT2D eigenvalue weighted by atomic mass is 32.2. The van der Waals surface area contributed by atoms with Gasteiger partial charge >= 0.3 is 5.69 Å². The van der Waals surface area contributed by atoms with E-state index < -0.39 is 0 Å². The smallest absolute Gasteiger partial charge is 0.325 e. The summed E-state index contributed by atoms with van der Waals surface area (Å²) in [5.41, 5.74) is 6.62. The van der Waals surface area contributed by atoms with E-state index in [9.17, 15) is 4.79 Å². The number of hydrogen-bond acceptors (Lipinski definition) is 6. The molecule has 0 aromatic carbocycles. The Morgan fingerprint density at radius 2 is 2.40 bits per heavy atom. The van der Waals surface area contributed by atoms with Crippen molar-refractivity contribution in [2.24, 2.45) is 5.73 Å². The first-order valence-corrected chi connectivity index (χ1v) is 7.97. The summed E-state index contributed by atoms with van der Waals surface area (Å²) in [6, 6.07) is 0.286. The van der Waals surface area contributed by atoms with Crippen molar-refractivity contribution in [3.05, 3.63) is 27.8 Å². The quantitative estimate of drug-likeness (QED) is 0.756. The normalized spacial score (nSPS) is 15.2. The van der Waals surface area contributed by atoms with Crippen molar-refractivity contribution in [3.8, 4) is 0 Å². The van der Waals surface area contributed by atoms with Crippen LogP contribution in [-0.4, -0.2) is 24.1 Å². The first kappa shape index (κ1) is 12.2. The second-order valence-electron chi connectivity index (χ2n) is 4.64. The maximum atomic E-state index is 11.8. The van der Waals surface area contributed by atoms with E-state index in [4.69, 9.17) is 5.73 Å². The number of hydrogen-bond donors (Lipinski definition) is 2. The van der Waals surface area contributed by atoms with E-state index >= 15 is 0 Å². The Morgan fingerprint density at radius 1 is 1.55 bits per heavy atom. The number of imidazole rings is 1. The molecule has 0 spiro atoms. The highest BCUT2D eigenvalue weighted by Gasteiger charge is 2.29. The topological polar surface area (TPSA) is 94.0 Å². The first-order chi connectivity index (χ1) is 9.78. The van der Waals surface area contributed by atoms with Gasteiger partial charge in [-0.15, -0.1) is 16.4 Å². The van der Waals surface area contributed by atoms with Gasteiger partial charge in [0.15, 0.2) is 10.1 Å². The Kier molecular flexibility index (Phi) is 2.72. The fourth-order valence-electron chi connectivity index (χ4n) is 2.18. The molecule has 4 rings (SSSR count). The van der Waals surface area contributed by atoms with Gasteiger partial charge in [0, 0.05) is 24.2 Å². The van der Waals surface area contributed by atoms with E-state index in [0.29, 0.717) is 11.7 Å². The maximum Gasteiger partial charge on any atom is 0.344 e. The molecule has 3 aromatic rings. The van der Waals surface area contributed by atoms with E-state index in [-0.39, 0.29) is 11.7 Å². The Hall–Kier alpha value is -1.58. The Balaban J connectivity index is 1.77. The second-order valence-corrected chi connectivity index (χ2v) is 6.47. The van der Waals surface area contributed by atoms with Gasteiger partial charge in [-0.1, -0.05) is 0 Å². The fourth-order valence-corrected chi connectivity index (χ4v) is 4.00. The van der Waals surface area contributed by atoms with Gasteiger partial charge < -0.3 is 5.73 Å². The number of nitrogens with one attached hydrogen (secondary N) is 1. The van der Waals surface area contributed by atoms with Crippen LogP contribution in [0.4, 0.5) is 0 Å². The average Bonchev–Trinajstić information content (AvgIpc) is 2.90. The lowest BCUT2D eigenvalue weighted by Gasteiger charge is -2.02. The van der Waals surface area contributed by atoms with Crippen molar-refractivity contribution in [2.75, 3.05) is 0 Å². The molecule has 1 fully saturated rings. The summed E-state index contributed by atoms with van der Waals surface area (Å²) in [5.74, 6) is 0. The van der Waals surface area contributed by atoms with Gasteiger partial charge in [0.25, 0.3) is 0 Å². The van der Waals surface area contributed by atoms with Crippen LogP contribution in [0.3, 0.4) is 0 Å². The molecule has 1 aliphatic carbocycles. The van der Waals surface area contributed by atoms with Crippen LogP contribution in [-0.2, 0) is 6.54 Å². The van der Waals surface area contributed by atoms with Gasteiger partial charge in [0.2, 0.25) is 0 Å². The van der Waals surface area contributed by atoms with Crippen LogP contribution < -0.4 is 11.4 Å². The molecule has 0 aliphatic heterocycles. The van der Waals surface area contributed by atoms with E-state index in [0.717, 1.165) is 28.5 Å². The molecule has 1 saturated carbocycles. The molecule has 0 atom stereocenters. The predicted octanol–water partition coefficient (Wildman–Crippen LogP) is 1.23. The molecular weight excluding hydrogens is 296 g/mol. The number of H-pyrrole nitrogens is 1. The van der Waals surface area contributed by atoms with Gasteiger partial charge in [-0.3, -0.25) is 8.97 Å². The van der Waals surface area contributed by atoms with E-state index in [1.807, 2.05) is 16.0 Å². The summed E-state index contributed by atoms with van der Waals surface area (Å²) in [7, 11) is 0. The molecule has 1 aliphatic rings. The maximum absolute atomic E-state index is 11.8. The lowest BCUT2D eigenvalue weighted by Crippen LogP contribution is -2.16. The molecule has 0 unspecified atom stereocenters. The highest BCUT2D eigenvalue weighted by molar-refractivity contribution is 7.99. The molecule has 3 aromatic heterocycles. The summed E-state index contributed by atoms with van der Waals surface area (Å²) < 4.78 is 3.71. The number of nitrogens with zero attached hydrogens (tertiary/aromatic N) is 4. The van der Waals surface area contributed by atoms with Crippen molar-refractivity contribution < 1.29 is 0 Å². The Bertz CT molecular complexity index is 824. The summed E-state index contributed by atoms with van der Waals surface area (Å²) >= 11 is 2.96. The number of aromatic amines is 1. The monoisotopic (exact) mass is 308 g/mol. The van der Waals surface area contributed by atoms with Gasteiger partial charge in [-0.25, -0.2) is 14.9 Å². The molecule has 0 bridgehead atoms. The molecule has 7 nitrogen and oxygen atoms in total. The van der Waals surface area contributed by atoms with Crippen molar-refractivity contribution in [2.45, 2.75) is 35.6 Å². The van der Waals surface area contributed by atoms with Gasteiger partial charge in [-0.05, 0) is 24.6 Å². The third-order valence-corrected chi connectivity index (χ3v) is 5.04. The summed E-state index contributed by atoms with van der Waals surface area (Å²) in [5, 5.41) is 10.1. The number of nitrogens with two attached hydrogens (primary N) is 1. The average molecular weight is 308 g/mol. The largest absolute Gasteiger partial charge is 0.344 e. The van der Waals surface area contributed by atoms with Crippen molar-refractivity contribution in [3.63, 3.8) is 0 Å². The highest BCUT2D eigenvalue weighted by Crippen LogP contribution is 2.38. The molecule has 3 N–H and O–H groups in total. The second kappa shape index (κ2) is 4.47. The van der Waals surface area contributed by atoms with E-state index in [1.165, 1.54) is 11.8 Å². The lowest BCUT2D eigenvalue weighted by molar-refractivity contribution is 0.642.